The molecule has 0 saturated carbocycles. The van der Waals surface area contributed by atoms with Crippen molar-refractivity contribution >= 4 is 32.8 Å². The summed E-state index contributed by atoms with van der Waals surface area (Å²) in [5.41, 5.74) is 11.9. The van der Waals surface area contributed by atoms with Crippen LogP contribution in [0.25, 0.3) is 50.0 Å². The van der Waals surface area contributed by atoms with Gasteiger partial charge < -0.3 is 0 Å². The zero-order valence-electron chi connectivity index (χ0n) is 33.9. The molecule has 0 bridgehead atoms. The van der Waals surface area contributed by atoms with Crippen molar-refractivity contribution in [3.8, 4) is 28.7 Å². The van der Waals surface area contributed by atoms with Crippen LogP contribution in [0.1, 0.15) is 84.6 Å². The van der Waals surface area contributed by atoms with Gasteiger partial charge in [-0.3, -0.25) is 0 Å². The smallest absolute Gasteiger partial charge is 0.0582 e. The van der Waals surface area contributed by atoms with Crippen LogP contribution in [0.15, 0.2) is 116 Å². The van der Waals surface area contributed by atoms with E-state index in [1.165, 1.54) is 33.0 Å². The molecule has 0 aliphatic heterocycles. The second-order valence-corrected chi connectivity index (χ2v) is 19.2. The average molecular weight is 919 g/mol. The minimum Gasteiger partial charge on any atom is -0.0582 e. The Hall–Kier alpha value is -5.06. The van der Waals surface area contributed by atoms with E-state index in [1.807, 2.05) is 12.4 Å². The molecule has 4 heterocycles. The molecule has 0 unspecified atom stereocenters. The number of hydrogen-bond donors (Lipinski definition) is 0. The van der Waals surface area contributed by atoms with E-state index in [-0.39, 0.29) is 21.7 Å². The molecule has 0 spiro atoms. The summed E-state index contributed by atoms with van der Waals surface area (Å²) in [6.07, 6.45) is 5.60. The Kier molecular flexibility index (Phi) is 8.14. The minimum atomic E-state index is -0.0211. The molecule has 286 valence electrons. The summed E-state index contributed by atoms with van der Waals surface area (Å²) < 4.78 is 14.6. The molecule has 4 aromatic heterocycles. The summed E-state index contributed by atoms with van der Waals surface area (Å²) in [7, 11) is 0. The normalized spacial score (nSPS) is 15.9. The van der Waals surface area contributed by atoms with Crippen LogP contribution in [0.3, 0.4) is 0 Å². The molecule has 4 aromatic carbocycles. The van der Waals surface area contributed by atoms with Crippen molar-refractivity contribution in [2.24, 2.45) is 5.41 Å². The molecule has 0 fully saturated rings. The first-order valence-electron chi connectivity index (χ1n) is 19.5. The Morgan fingerprint density at radius 1 is 0.607 bits per heavy atom. The summed E-state index contributed by atoms with van der Waals surface area (Å²) in [6.45, 7) is 23.3. The molecule has 1 aliphatic carbocycles. The van der Waals surface area contributed by atoms with Gasteiger partial charge in [0.2, 0.25) is 0 Å². The fourth-order valence-corrected chi connectivity index (χ4v) is 10.1. The van der Waals surface area contributed by atoms with Crippen LogP contribution in [0.2, 0.25) is 0 Å². The van der Waals surface area contributed by atoms with Gasteiger partial charge in [-0.2, -0.15) is 0 Å². The molecule has 6 nitrogen and oxygen atoms in total. The number of ether oxygens (including phenoxy) is 1. The summed E-state index contributed by atoms with van der Waals surface area (Å²) in [5.74, 6) is 2.30. The number of fused-ring (bicyclic) bond motifs is 5. The Balaban J connectivity index is 1.16. The minimum absolute atomic E-state index is 0.00381. The third-order valence-corrected chi connectivity index (χ3v) is 14.4. The molecular weight excluding hydrogens is 870 g/mol. The van der Waals surface area contributed by atoms with Gasteiger partial charge in [0.25, 0.3) is 0 Å². The molecule has 56 heavy (non-hydrogen) atoms. The average Bonchev–Trinajstić information content (AvgIpc) is 3.67. The number of para-hydroxylation sites is 2. The van der Waals surface area contributed by atoms with E-state index in [2.05, 4.69) is 199 Å². The van der Waals surface area contributed by atoms with E-state index in [0.29, 0.717) is 5.75 Å². The zero-order chi connectivity index (χ0) is 39.5. The first kappa shape index (κ1) is 36.6. The maximum atomic E-state index is 6.70. The van der Waals surface area contributed by atoms with Gasteiger partial charge in [0.05, 0.1) is 0 Å². The van der Waals surface area contributed by atoms with Crippen molar-refractivity contribution < 1.29 is 24.1 Å². The van der Waals surface area contributed by atoms with Gasteiger partial charge in [0, 0.05) is 6.20 Å². The quantitative estimate of drug-likeness (QED) is 0.173. The number of aromatic nitrogens is 5. The molecule has 9 rings (SSSR count). The maximum absolute atomic E-state index is 6.70. The predicted molar refractivity (Wildman–Crippen MR) is 226 cm³/mol. The van der Waals surface area contributed by atoms with Gasteiger partial charge in [-0.15, -0.1) is 0 Å². The van der Waals surface area contributed by atoms with Crippen molar-refractivity contribution in [3.05, 3.63) is 142 Å². The Morgan fingerprint density at radius 2 is 1.25 bits per heavy atom. The van der Waals surface area contributed by atoms with Crippen molar-refractivity contribution in [2.75, 3.05) is 0 Å². The number of rotatable bonds is 5. The van der Waals surface area contributed by atoms with Crippen LogP contribution in [0.5, 0.6) is 11.5 Å². The molecule has 0 atom stereocenters. The van der Waals surface area contributed by atoms with Gasteiger partial charge in [-0.25, -0.2) is 0 Å². The number of pyridine rings is 2. The standard InChI is InChI=1S/C49H49N5O.Pt/c1-31-21-22-51-45(23-31)54-43-25-35(19-20-37(43)38-26-39-40(27-44(38)54)48(7,8)49(9,10)47(39,5)6)55-36-24-34(28-50-29-36)53-30-52(41-13-11-12-14-42(41)53)33-17-15-32(16-18-33)46(2,3)4;/h11-29H,1-10H3;. The number of benzene rings is 4. The number of aryl methyl sites for hydroxylation is 1. The summed E-state index contributed by atoms with van der Waals surface area (Å²) in [4.78, 5) is 9.61. The topological polar surface area (TPSA) is 49.8 Å². The summed E-state index contributed by atoms with van der Waals surface area (Å²) >= 11 is 2.43. The number of nitrogens with zero attached hydrogens (tertiary/aromatic N) is 5. The van der Waals surface area contributed by atoms with Crippen molar-refractivity contribution in [1.82, 2.24) is 23.7 Å². The van der Waals surface area contributed by atoms with E-state index >= 15 is 0 Å². The predicted octanol–water partition coefficient (Wildman–Crippen LogP) is 12.4. The molecule has 0 saturated heterocycles. The zero-order valence-corrected chi connectivity index (χ0v) is 36.2. The van der Waals surface area contributed by atoms with Crippen molar-refractivity contribution in [2.45, 2.75) is 85.5 Å². The molecule has 1 aliphatic rings. The van der Waals surface area contributed by atoms with Crippen LogP contribution in [0, 0.1) is 16.1 Å². The first-order chi connectivity index (χ1) is 26.5. The van der Waals surface area contributed by atoms with Crippen molar-refractivity contribution in [3.63, 3.8) is 0 Å². The van der Waals surface area contributed by atoms with E-state index in [1.54, 1.807) is 6.20 Å². The second kappa shape index (κ2) is 12.5. The Morgan fingerprint density at radius 3 is 1.91 bits per heavy atom. The fraction of sp³-hybridized carbons (Fsp3) is 0.286. The van der Waals surface area contributed by atoms with E-state index in [0.717, 1.165) is 48.8 Å². The number of imidazole rings is 1. The van der Waals surface area contributed by atoms with Gasteiger partial charge in [0.1, 0.15) is 0 Å². The molecule has 0 N–H and O–H groups in total. The molecule has 0 radical (unpaired) electrons. The van der Waals surface area contributed by atoms with E-state index in [4.69, 9.17) is 14.7 Å². The third-order valence-electron chi connectivity index (χ3n) is 13.4. The molecule has 8 aromatic rings. The van der Waals surface area contributed by atoms with Gasteiger partial charge in [-0.05, 0) is 45.9 Å². The van der Waals surface area contributed by atoms with Crippen LogP contribution < -0.4 is 4.74 Å². The Bertz CT molecular complexity index is 2930. The SMILES string of the molecule is Cc1ccnc(-n2c3cc(Oc4cncc(-n5[c](=[Pt])n(-c6ccc(C(C)(C)C)cc6)c6ccccc65)c4)ccc3c3cc4c(cc32)C(C)(C)C(C)(C)C4(C)C)c1. The van der Waals surface area contributed by atoms with Crippen LogP contribution in [-0.4, -0.2) is 23.7 Å². The van der Waals surface area contributed by atoms with Crippen LogP contribution in [-0.2, 0) is 35.6 Å². The van der Waals surface area contributed by atoms with Crippen molar-refractivity contribution in [1.29, 1.82) is 0 Å². The molecule has 0 amide bonds. The van der Waals surface area contributed by atoms with Crippen LogP contribution >= 0.6 is 0 Å². The molecule has 7 heteroatoms. The molecular formula is C49H49N5OPt. The number of hydrogen-bond acceptors (Lipinski definition) is 3. The van der Waals surface area contributed by atoms with E-state index in [9.17, 15) is 0 Å². The van der Waals surface area contributed by atoms with Gasteiger partial charge in [-0.1, -0.05) is 41.5 Å². The van der Waals surface area contributed by atoms with E-state index < -0.39 is 0 Å². The van der Waals surface area contributed by atoms with Gasteiger partial charge >= 0.3 is 248 Å². The van der Waals surface area contributed by atoms with Gasteiger partial charge in [0.15, 0.2) is 0 Å². The monoisotopic (exact) mass is 918 g/mol. The summed E-state index contributed by atoms with van der Waals surface area (Å²) in [6, 6.07) is 35.1. The Labute approximate surface area is 340 Å². The second-order valence-electron chi connectivity index (χ2n) is 18.2. The summed E-state index contributed by atoms with van der Waals surface area (Å²) in [5, 5.41) is 2.41. The van der Waals surface area contributed by atoms with Crippen LogP contribution in [0.4, 0.5) is 0 Å². The first-order valence-corrected chi connectivity index (χ1v) is 20.6. The fourth-order valence-electron chi connectivity index (χ4n) is 8.92. The third kappa shape index (κ3) is 5.35.